The first-order chi connectivity index (χ1) is 14.5. The van der Waals surface area contributed by atoms with Crippen molar-refractivity contribution in [1.29, 1.82) is 0 Å². The van der Waals surface area contributed by atoms with Crippen LogP contribution in [0.25, 0.3) is 6.08 Å². The second-order valence-corrected chi connectivity index (χ2v) is 7.52. The number of carbonyl (C=O) groups excluding carboxylic acids is 1. The van der Waals surface area contributed by atoms with E-state index < -0.39 is 5.97 Å². The van der Waals surface area contributed by atoms with Gasteiger partial charge in [-0.3, -0.25) is 0 Å². The molecule has 0 spiro atoms. The van der Waals surface area contributed by atoms with Crippen molar-refractivity contribution in [3.05, 3.63) is 105 Å². The number of rotatable bonds is 5. The highest BCUT2D eigenvalue weighted by Crippen LogP contribution is 2.26. The molecule has 0 atom stereocenters. The van der Waals surface area contributed by atoms with E-state index in [0.29, 0.717) is 21.7 Å². The summed E-state index contributed by atoms with van der Waals surface area (Å²) in [4.78, 5) is 16.6. The normalized spacial score (nSPS) is 14.6. The van der Waals surface area contributed by atoms with Crippen LogP contribution < -0.4 is 4.74 Å². The van der Waals surface area contributed by atoms with Crippen LogP contribution in [0.4, 0.5) is 0 Å². The van der Waals surface area contributed by atoms with Gasteiger partial charge in [-0.2, -0.15) is 0 Å². The van der Waals surface area contributed by atoms with Gasteiger partial charge in [0.1, 0.15) is 12.4 Å². The Morgan fingerprint density at radius 1 is 0.967 bits per heavy atom. The maximum Gasteiger partial charge on any atom is 0.363 e. The van der Waals surface area contributed by atoms with Crippen LogP contribution in [0.1, 0.15) is 22.3 Å². The molecule has 3 aromatic rings. The zero-order chi connectivity index (χ0) is 21.1. The number of cyclic esters (lactones) is 1. The van der Waals surface area contributed by atoms with Crippen molar-refractivity contribution in [3.63, 3.8) is 0 Å². The van der Waals surface area contributed by atoms with Crippen LogP contribution in [-0.4, -0.2) is 11.9 Å². The number of ether oxygens (including phenoxy) is 2. The standard InChI is InChI=1S/C24H17Cl2NO3/c1-15-5-2-3-6-18(15)23-27-22(24(28)30-23)13-16-9-11-17(12-10-16)29-14-19-20(25)7-4-8-21(19)26/h2-13H,14H2,1H3/b22-13-. The molecule has 0 unspecified atom stereocenters. The molecule has 1 heterocycles. The van der Waals surface area contributed by atoms with Gasteiger partial charge in [0.25, 0.3) is 0 Å². The summed E-state index contributed by atoms with van der Waals surface area (Å²) < 4.78 is 11.1. The van der Waals surface area contributed by atoms with Crippen molar-refractivity contribution in [2.24, 2.45) is 4.99 Å². The summed E-state index contributed by atoms with van der Waals surface area (Å²) in [6.07, 6.45) is 1.68. The monoisotopic (exact) mass is 437 g/mol. The first kappa shape index (κ1) is 20.2. The fourth-order valence-electron chi connectivity index (χ4n) is 2.98. The van der Waals surface area contributed by atoms with E-state index in [1.165, 1.54) is 0 Å². The molecule has 0 bridgehead atoms. The first-order valence-corrected chi connectivity index (χ1v) is 10.0. The lowest BCUT2D eigenvalue weighted by atomic mass is 10.1. The topological polar surface area (TPSA) is 47.9 Å². The van der Waals surface area contributed by atoms with Gasteiger partial charge in [-0.1, -0.05) is 59.6 Å². The van der Waals surface area contributed by atoms with Gasteiger partial charge in [0, 0.05) is 21.2 Å². The zero-order valence-electron chi connectivity index (χ0n) is 16.1. The molecule has 1 aliphatic rings. The summed E-state index contributed by atoms with van der Waals surface area (Å²) >= 11 is 12.3. The summed E-state index contributed by atoms with van der Waals surface area (Å²) in [5.74, 6) is 0.508. The van der Waals surface area contributed by atoms with E-state index in [1.54, 1.807) is 24.3 Å². The molecule has 150 valence electrons. The van der Waals surface area contributed by atoms with E-state index >= 15 is 0 Å². The second kappa shape index (κ2) is 8.74. The summed E-state index contributed by atoms with van der Waals surface area (Å²) in [6.45, 7) is 2.21. The van der Waals surface area contributed by atoms with E-state index in [2.05, 4.69) is 4.99 Å². The van der Waals surface area contributed by atoms with Crippen LogP contribution in [0.5, 0.6) is 5.75 Å². The fourth-order valence-corrected chi connectivity index (χ4v) is 3.49. The van der Waals surface area contributed by atoms with Crippen molar-refractivity contribution < 1.29 is 14.3 Å². The average Bonchev–Trinajstić information content (AvgIpc) is 3.09. The Kier molecular flexibility index (Phi) is 5.88. The molecule has 0 radical (unpaired) electrons. The van der Waals surface area contributed by atoms with Crippen LogP contribution in [0.2, 0.25) is 10.0 Å². The van der Waals surface area contributed by atoms with E-state index in [-0.39, 0.29) is 12.3 Å². The number of halogens is 2. The van der Waals surface area contributed by atoms with Crippen molar-refractivity contribution in [2.45, 2.75) is 13.5 Å². The number of aryl methyl sites for hydroxylation is 1. The molecule has 0 aromatic heterocycles. The third-order valence-electron chi connectivity index (χ3n) is 4.62. The molecule has 3 aromatic carbocycles. The first-order valence-electron chi connectivity index (χ1n) is 9.25. The molecular formula is C24H17Cl2NO3. The molecule has 4 rings (SSSR count). The van der Waals surface area contributed by atoms with Gasteiger partial charge in [-0.25, -0.2) is 9.79 Å². The Hall–Kier alpha value is -3.08. The quantitative estimate of drug-likeness (QED) is 0.351. The van der Waals surface area contributed by atoms with Gasteiger partial charge in [0.2, 0.25) is 5.90 Å². The number of hydrogen-bond acceptors (Lipinski definition) is 4. The molecular weight excluding hydrogens is 421 g/mol. The highest BCUT2D eigenvalue weighted by atomic mass is 35.5. The minimum absolute atomic E-state index is 0.254. The van der Waals surface area contributed by atoms with Gasteiger partial charge in [0.15, 0.2) is 5.70 Å². The molecule has 4 nitrogen and oxygen atoms in total. The minimum Gasteiger partial charge on any atom is -0.489 e. The van der Waals surface area contributed by atoms with Crippen LogP contribution in [0.3, 0.4) is 0 Å². The third kappa shape index (κ3) is 4.40. The summed E-state index contributed by atoms with van der Waals surface area (Å²) in [5, 5.41) is 1.12. The molecule has 0 aliphatic carbocycles. The smallest absolute Gasteiger partial charge is 0.363 e. The van der Waals surface area contributed by atoms with Crippen LogP contribution >= 0.6 is 23.2 Å². The van der Waals surface area contributed by atoms with E-state index in [0.717, 1.165) is 22.3 Å². The predicted octanol–water partition coefficient (Wildman–Crippen LogP) is 6.23. The highest BCUT2D eigenvalue weighted by molar-refractivity contribution is 6.35. The molecule has 0 N–H and O–H groups in total. The lowest BCUT2D eigenvalue weighted by Gasteiger charge is -2.09. The maximum atomic E-state index is 12.2. The van der Waals surface area contributed by atoms with Gasteiger partial charge in [0.05, 0.1) is 0 Å². The summed E-state index contributed by atoms with van der Waals surface area (Å²) in [5.41, 5.74) is 3.59. The predicted molar refractivity (Wildman–Crippen MR) is 119 cm³/mol. The van der Waals surface area contributed by atoms with Crippen molar-refractivity contribution in [3.8, 4) is 5.75 Å². The van der Waals surface area contributed by atoms with E-state index in [1.807, 2.05) is 55.5 Å². The molecule has 0 fully saturated rings. The minimum atomic E-state index is -0.470. The number of esters is 1. The SMILES string of the molecule is Cc1ccccc1C1=N/C(=C\c2ccc(OCc3c(Cl)cccc3Cl)cc2)C(=O)O1. The maximum absolute atomic E-state index is 12.2. The van der Waals surface area contributed by atoms with Crippen LogP contribution in [-0.2, 0) is 16.1 Å². The molecule has 30 heavy (non-hydrogen) atoms. The Bertz CT molecular complexity index is 1150. The lowest BCUT2D eigenvalue weighted by Crippen LogP contribution is -2.06. The molecule has 0 saturated carbocycles. The van der Waals surface area contributed by atoms with Gasteiger partial charge < -0.3 is 9.47 Å². The molecule has 6 heteroatoms. The molecule has 1 aliphatic heterocycles. The summed E-state index contributed by atoms with van der Waals surface area (Å²) in [7, 11) is 0. The van der Waals surface area contributed by atoms with Crippen LogP contribution in [0.15, 0.2) is 77.4 Å². The number of hydrogen-bond donors (Lipinski definition) is 0. The second-order valence-electron chi connectivity index (χ2n) is 6.71. The number of carbonyl (C=O) groups is 1. The van der Waals surface area contributed by atoms with Gasteiger partial charge >= 0.3 is 5.97 Å². The molecule has 0 amide bonds. The van der Waals surface area contributed by atoms with Crippen LogP contribution in [0, 0.1) is 6.92 Å². The number of nitrogens with zero attached hydrogens (tertiary/aromatic N) is 1. The van der Waals surface area contributed by atoms with Crippen molar-refractivity contribution >= 4 is 41.1 Å². The van der Waals surface area contributed by atoms with Gasteiger partial charge in [-0.15, -0.1) is 0 Å². The number of benzene rings is 3. The number of aliphatic imine (C=N–C) groups is 1. The lowest BCUT2D eigenvalue weighted by molar-refractivity contribution is -0.129. The Morgan fingerprint density at radius 2 is 1.67 bits per heavy atom. The van der Waals surface area contributed by atoms with Crippen molar-refractivity contribution in [2.75, 3.05) is 0 Å². The largest absolute Gasteiger partial charge is 0.489 e. The van der Waals surface area contributed by atoms with Crippen molar-refractivity contribution in [1.82, 2.24) is 0 Å². The average molecular weight is 438 g/mol. The summed E-state index contributed by atoms with van der Waals surface area (Å²) in [6, 6.07) is 20.3. The van der Waals surface area contributed by atoms with Gasteiger partial charge in [-0.05, 0) is 54.5 Å². The zero-order valence-corrected chi connectivity index (χ0v) is 17.6. The molecule has 0 saturated heterocycles. The highest BCUT2D eigenvalue weighted by Gasteiger charge is 2.24. The Morgan fingerprint density at radius 3 is 2.37 bits per heavy atom. The van der Waals surface area contributed by atoms with E-state index in [9.17, 15) is 4.79 Å². The third-order valence-corrected chi connectivity index (χ3v) is 5.33. The van der Waals surface area contributed by atoms with E-state index in [4.69, 9.17) is 32.7 Å². The fraction of sp³-hybridized carbons (Fsp3) is 0.0833. The Labute approximate surface area is 184 Å². The Balaban J connectivity index is 1.48.